The van der Waals surface area contributed by atoms with Gasteiger partial charge in [0.15, 0.2) is 11.4 Å². The van der Waals surface area contributed by atoms with E-state index >= 15 is 4.79 Å². The highest BCUT2D eigenvalue weighted by atomic mass is 16.4. The molecule has 12 heteroatoms. The number of carbonyl (C=O) groups excluding carboxylic acids is 2. The molecular weight excluding hydrogens is 699 g/mol. The Morgan fingerprint density at radius 3 is 2.51 bits per heavy atom. The Hall–Kier alpha value is -3.62. The number of carbonyl (C=O) groups is 2. The van der Waals surface area contributed by atoms with E-state index in [1.807, 2.05) is 68.3 Å². The van der Waals surface area contributed by atoms with Gasteiger partial charge in [0.2, 0.25) is 0 Å². The van der Waals surface area contributed by atoms with Crippen LogP contribution >= 0.6 is 0 Å². The van der Waals surface area contributed by atoms with Gasteiger partial charge in [0.1, 0.15) is 12.7 Å². The van der Waals surface area contributed by atoms with E-state index in [0.29, 0.717) is 87.3 Å². The third kappa shape index (κ3) is 4.58. The number of aromatic amines is 1. The van der Waals surface area contributed by atoms with Gasteiger partial charge in [0, 0.05) is 72.4 Å². The number of hydrogen-bond acceptors (Lipinski definition) is 10. The third-order valence-corrected chi connectivity index (χ3v) is 15.4. The van der Waals surface area contributed by atoms with Crippen molar-refractivity contribution in [2.75, 3.05) is 51.3 Å². The monoisotopic (exact) mass is 753 g/mol. The first kappa shape index (κ1) is 37.0. The zero-order chi connectivity index (χ0) is 38.9. The summed E-state index contributed by atoms with van der Waals surface area (Å²) in [5, 5.41) is 60.3. The molecule has 2 unspecified atom stereocenters. The Labute approximate surface area is 321 Å². The molecule has 3 fully saturated rings. The van der Waals surface area contributed by atoms with Gasteiger partial charge in [0.05, 0.1) is 23.7 Å². The maximum absolute atomic E-state index is 15.1. The highest BCUT2D eigenvalue weighted by Gasteiger charge is 2.78. The van der Waals surface area contributed by atoms with E-state index in [4.69, 9.17) is 5.73 Å². The Balaban J connectivity index is 1.36. The molecule has 55 heavy (non-hydrogen) atoms. The second-order valence-electron chi connectivity index (χ2n) is 17.7. The van der Waals surface area contributed by atoms with Crippen molar-refractivity contribution in [2.45, 2.75) is 99.2 Å². The van der Waals surface area contributed by atoms with Crippen LogP contribution in [0.2, 0.25) is 0 Å². The third-order valence-electron chi connectivity index (χ3n) is 15.4. The molecule has 2 aromatic carbocycles. The van der Waals surface area contributed by atoms with Gasteiger partial charge in [0.25, 0.3) is 5.91 Å². The van der Waals surface area contributed by atoms with Gasteiger partial charge in [-0.25, -0.2) is 0 Å². The minimum absolute atomic E-state index is 0.136. The standard InChI is InChI=1S/C43H55N5O7/c1-4-39(54)19-25-20-42(33(51)23-50,34-28(11-15-47(21-25)24-39)27-9-6-7-10-31(27)45-34)29-18-30-32(17-26(29)22-49)46(3)36-41(30)13-16-48-14-8-12-40(5-2,35(41)48)37(52)43(36,55)38(44)53/h6-10,12,17-18,25,35-37,45,49-50,52,54-55H,4-5,11,13-16,19-24H2,1-3H3,(H2,44,53)/t25-,35+,36-,37-,39+,40?,41-,42-,43+/m1/s1. The molecule has 10 atom stereocenters. The summed E-state index contributed by atoms with van der Waals surface area (Å²) in [6, 6.07) is 10.7. The topological polar surface area (TPSA) is 187 Å². The normalized spacial score (nSPS) is 39.1. The van der Waals surface area contributed by atoms with Crippen LogP contribution in [-0.4, -0.2) is 128 Å². The van der Waals surface area contributed by atoms with Crippen LogP contribution in [0.15, 0.2) is 48.6 Å². The van der Waals surface area contributed by atoms with Gasteiger partial charge >= 0.3 is 0 Å². The van der Waals surface area contributed by atoms with Crippen molar-refractivity contribution < 1.29 is 35.1 Å². The van der Waals surface area contributed by atoms with Crippen LogP contribution in [0, 0.1) is 11.3 Å². The minimum atomic E-state index is -2.34. The first-order valence-corrected chi connectivity index (χ1v) is 20.1. The van der Waals surface area contributed by atoms with Crippen molar-refractivity contribution in [3.05, 3.63) is 76.5 Å². The lowest BCUT2D eigenvalue weighted by Crippen LogP contribution is -2.81. The van der Waals surface area contributed by atoms with Crippen molar-refractivity contribution in [3.63, 3.8) is 0 Å². The number of amides is 1. The number of aliphatic hydroxyl groups is 5. The van der Waals surface area contributed by atoms with E-state index in [1.54, 1.807) is 0 Å². The second-order valence-corrected chi connectivity index (χ2v) is 17.7. The molecule has 1 spiro atoms. The number of anilines is 1. The number of rotatable bonds is 7. The first-order valence-electron chi connectivity index (χ1n) is 20.1. The summed E-state index contributed by atoms with van der Waals surface area (Å²) in [4.78, 5) is 39.0. The lowest BCUT2D eigenvalue weighted by Gasteiger charge is -2.63. The number of aliphatic hydroxyl groups excluding tert-OH is 3. The van der Waals surface area contributed by atoms with Crippen molar-refractivity contribution in [3.8, 4) is 0 Å². The van der Waals surface area contributed by atoms with E-state index in [9.17, 15) is 30.3 Å². The van der Waals surface area contributed by atoms with Crippen LogP contribution < -0.4 is 10.6 Å². The second kappa shape index (κ2) is 12.4. The molecule has 9 rings (SSSR count). The highest BCUT2D eigenvalue weighted by molar-refractivity contribution is 5.98. The van der Waals surface area contributed by atoms with Crippen LogP contribution in [-0.2, 0) is 33.4 Å². The molecule has 2 saturated heterocycles. The Bertz CT molecular complexity index is 2120. The SMILES string of the molecule is CCC12C=CCN3CC[C@@]4(c5cc([C@@]6(C(=O)CO)C[C@@H]7CN(CCc8c6[nH]c6ccccc86)C[C@](O)(CC)C7)c(CO)cc5N(C)[C@H]4[C@@](O)(C(N)=O)[C@@H]1O)[C@@H]32. The number of fused-ring (bicyclic) bond motifs is 6. The number of likely N-dealkylation sites (N-methyl/N-ethyl adjacent to an activating group) is 1. The summed E-state index contributed by atoms with van der Waals surface area (Å²) in [5.41, 5.74) is 4.62. The van der Waals surface area contributed by atoms with E-state index in [1.165, 1.54) is 0 Å². The van der Waals surface area contributed by atoms with Crippen LogP contribution in [0.3, 0.4) is 0 Å². The number of Topliss-reactive ketones (excluding diaryl/α,β-unsaturated/α-hetero) is 1. The number of H-pyrrole nitrogens is 1. The number of nitrogens with one attached hydrogen (secondary N) is 1. The molecule has 294 valence electrons. The van der Waals surface area contributed by atoms with Gasteiger partial charge < -0.3 is 41.2 Å². The summed E-state index contributed by atoms with van der Waals surface area (Å²) in [5.74, 6) is -1.53. The lowest BCUT2D eigenvalue weighted by atomic mass is 9.47. The Morgan fingerprint density at radius 2 is 1.80 bits per heavy atom. The fourth-order valence-electron chi connectivity index (χ4n) is 13.2. The molecule has 0 radical (unpaired) electrons. The van der Waals surface area contributed by atoms with E-state index in [0.717, 1.165) is 22.0 Å². The zero-order valence-electron chi connectivity index (χ0n) is 32.1. The number of primary amides is 1. The number of piperidine rings is 1. The van der Waals surface area contributed by atoms with Gasteiger partial charge in [-0.1, -0.05) is 50.3 Å². The minimum Gasteiger partial charge on any atom is -0.392 e. The average molecular weight is 754 g/mol. The summed E-state index contributed by atoms with van der Waals surface area (Å²) in [6.45, 7) is 6.00. The number of aromatic nitrogens is 1. The van der Waals surface area contributed by atoms with E-state index in [-0.39, 0.29) is 18.4 Å². The molecule has 6 heterocycles. The molecule has 8 N–H and O–H groups in total. The van der Waals surface area contributed by atoms with Crippen LogP contribution in [0.4, 0.5) is 5.69 Å². The van der Waals surface area contributed by atoms with Crippen LogP contribution in [0.5, 0.6) is 0 Å². The summed E-state index contributed by atoms with van der Waals surface area (Å²) >= 11 is 0. The zero-order valence-corrected chi connectivity index (χ0v) is 32.1. The molecule has 5 aliphatic heterocycles. The van der Waals surface area contributed by atoms with E-state index in [2.05, 4.69) is 20.9 Å². The number of ketones is 1. The molecule has 2 bridgehead atoms. The maximum Gasteiger partial charge on any atom is 0.254 e. The largest absolute Gasteiger partial charge is 0.392 e. The highest BCUT2D eigenvalue weighted by Crippen LogP contribution is 2.67. The fraction of sp³-hybridized carbons (Fsp3) is 0.581. The Morgan fingerprint density at radius 1 is 1.02 bits per heavy atom. The molecule has 6 aliphatic rings. The lowest BCUT2D eigenvalue weighted by molar-refractivity contribution is -0.201. The summed E-state index contributed by atoms with van der Waals surface area (Å²) in [6.07, 6.45) is 5.43. The predicted octanol–water partition coefficient (Wildman–Crippen LogP) is 1.60. The van der Waals surface area contributed by atoms with E-state index < -0.39 is 64.5 Å². The first-order chi connectivity index (χ1) is 26.3. The predicted molar refractivity (Wildman–Crippen MR) is 208 cm³/mol. The maximum atomic E-state index is 15.1. The van der Waals surface area contributed by atoms with Crippen molar-refractivity contribution in [1.82, 2.24) is 14.8 Å². The number of nitrogens with two attached hydrogens (primary N) is 1. The molecule has 12 nitrogen and oxygen atoms in total. The summed E-state index contributed by atoms with van der Waals surface area (Å²) < 4.78 is 0. The average Bonchev–Trinajstić information content (AvgIpc) is 3.84. The quantitative estimate of drug-likeness (QED) is 0.175. The fourth-order valence-corrected chi connectivity index (χ4v) is 13.2. The van der Waals surface area contributed by atoms with Crippen molar-refractivity contribution >= 4 is 28.3 Å². The van der Waals surface area contributed by atoms with Gasteiger partial charge in [-0.15, -0.1) is 0 Å². The molecule has 1 aliphatic carbocycles. The smallest absolute Gasteiger partial charge is 0.254 e. The number of hydrogen-bond donors (Lipinski definition) is 7. The Kier molecular flexibility index (Phi) is 8.36. The van der Waals surface area contributed by atoms with Crippen LogP contribution in [0.1, 0.15) is 73.9 Å². The van der Waals surface area contributed by atoms with Crippen molar-refractivity contribution in [2.24, 2.45) is 17.1 Å². The molecular formula is C43H55N5O7. The van der Waals surface area contributed by atoms with Gasteiger partial charge in [-0.2, -0.15) is 0 Å². The number of benzene rings is 2. The summed E-state index contributed by atoms with van der Waals surface area (Å²) in [7, 11) is 1.81. The molecule has 1 saturated carbocycles. The molecule has 3 aromatic rings. The van der Waals surface area contributed by atoms with Gasteiger partial charge in [-0.05, 0) is 85.4 Å². The van der Waals surface area contributed by atoms with Crippen molar-refractivity contribution in [1.29, 1.82) is 0 Å². The number of nitrogens with zero attached hydrogens (tertiary/aromatic N) is 3. The van der Waals surface area contributed by atoms with Crippen LogP contribution in [0.25, 0.3) is 10.9 Å². The molecule has 1 amide bonds. The number of para-hydroxylation sites is 1. The van der Waals surface area contributed by atoms with Gasteiger partial charge in [-0.3, -0.25) is 19.4 Å². The molecule has 1 aromatic heterocycles.